The minimum absolute atomic E-state index is 0.356. The minimum Gasteiger partial charge on any atom is -0.497 e. The molecule has 0 heterocycles. The van der Waals surface area contributed by atoms with Gasteiger partial charge in [0.1, 0.15) is 24.1 Å². The Morgan fingerprint density at radius 3 is 2.21 bits per heavy atom. The summed E-state index contributed by atoms with van der Waals surface area (Å²) in [4.78, 5) is 24.5. The van der Waals surface area contributed by atoms with Crippen LogP contribution in [-0.4, -0.2) is 31.2 Å². The number of aryl methyl sites for hydroxylation is 1. The molecule has 33 heavy (non-hydrogen) atoms. The Hall–Kier alpha value is -4.13. The smallest absolute Gasteiger partial charge is 0.262 e. The zero-order chi connectivity index (χ0) is 23.6. The summed E-state index contributed by atoms with van der Waals surface area (Å²) in [6, 6.07) is 21.4. The molecule has 2 N–H and O–H groups in total. The second kappa shape index (κ2) is 11.5. The van der Waals surface area contributed by atoms with Crippen LogP contribution in [0.2, 0.25) is 0 Å². The number of amides is 2. The van der Waals surface area contributed by atoms with Crippen LogP contribution in [0, 0.1) is 6.92 Å². The normalized spacial score (nSPS) is 11.6. The predicted molar refractivity (Wildman–Crippen MR) is 128 cm³/mol. The van der Waals surface area contributed by atoms with Gasteiger partial charge in [-0.3, -0.25) is 9.59 Å². The molecule has 1 unspecified atom stereocenters. The van der Waals surface area contributed by atoms with Crippen molar-refractivity contribution in [3.8, 4) is 11.5 Å². The first kappa shape index (κ1) is 23.5. The van der Waals surface area contributed by atoms with Crippen molar-refractivity contribution < 1.29 is 19.1 Å². The summed E-state index contributed by atoms with van der Waals surface area (Å²) in [6.45, 7) is 4.13. The number of hydrogen-bond acceptors (Lipinski definition) is 5. The SMILES string of the molecule is COc1ccc(C(=O)NC(C)C(=O)NN=Cc2ccc(OCc3ccc(C)cc3)cc2)cc1. The molecule has 0 fully saturated rings. The van der Waals surface area contributed by atoms with Crippen molar-refractivity contribution in [1.29, 1.82) is 0 Å². The van der Waals surface area contributed by atoms with Crippen LogP contribution in [0.15, 0.2) is 77.9 Å². The number of carbonyl (C=O) groups excluding carboxylic acids is 2. The van der Waals surface area contributed by atoms with Crippen LogP contribution < -0.4 is 20.2 Å². The Morgan fingerprint density at radius 2 is 1.58 bits per heavy atom. The van der Waals surface area contributed by atoms with E-state index in [1.165, 1.54) is 11.8 Å². The maximum atomic E-state index is 12.3. The van der Waals surface area contributed by atoms with Crippen molar-refractivity contribution in [3.63, 3.8) is 0 Å². The van der Waals surface area contributed by atoms with Crippen LogP contribution >= 0.6 is 0 Å². The Labute approximate surface area is 193 Å². The van der Waals surface area contributed by atoms with Gasteiger partial charge in [-0.05, 0) is 73.5 Å². The number of hydrogen-bond donors (Lipinski definition) is 2. The van der Waals surface area contributed by atoms with E-state index in [0.717, 1.165) is 16.9 Å². The fourth-order valence-corrected chi connectivity index (χ4v) is 2.86. The maximum absolute atomic E-state index is 12.3. The van der Waals surface area contributed by atoms with E-state index in [0.29, 0.717) is 17.9 Å². The van der Waals surface area contributed by atoms with E-state index in [9.17, 15) is 9.59 Å². The lowest BCUT2D eigenvalue weighted by Gasteiger charge is -2.12. The van der Waals surface area contributed by atoms with Gasteiger partial charge in [0.2, 0.25) is 0 Å². The molecule has 7 nitrogen and oxygen atoms in total. The quantitative estimate of drug-likeness (QED) is 0.387. The van der Waals surface area contributed by atoms with Gasteiger partial charge in [0.05, 0.1) is 13.3 Å². The van der Waals surface area contributed by atoms with Gasteiger partial charge < -0.3 is 14.8 Å². The van der Waals surface area contributed by atoms with Gasteiger partial charge in [-0.25, -0.2) is 5.43 Å². The molecule has 0 aliphatic carbocycles. The molecule has 0 spiro atoms. The number of ether oxygens (including phenoxy) is 2. The van der Waals surface area contributed by atoms with Crippen molar-refractivity contribution in [2.45, 2.75) is 26.5 Å². The van der Waals surface area contributed by atoms with Crippen LogP contribution in [0.25, 0.3) is 0 Å². The van der Waals surface area contributed by atoms with E-state index in [-0.39, 0.29) is 5.91 Å². The second-order valence-electron chi connectivity index (χ2n) is 7.50. The largest absolute Gasteiger partial charge is 0.497 e. The molecule has 0 saturated heterocycles. The highest BCUT2D eigenvalue weighted by Crippen LogP contribution is 2.14. The van der Waals surface area contributed by atoms with E-state index in [1.807, 2.05) is 43.3 Å². The molecular weight excluding hydrogens is 418 g/mol. The van der Waals surface area contributed by atoms with E-state index in [4.69, 9.17) is 9.47 Å². The lowest BCUT2D eigenvalue weighted by molar-refractivity contribution is -0.122. The molecule has 1 atom stereocenters. The van der Waals surface area contributed by atoms with Crippen LogP contribution in [-0.2, 0) is 11.4 Å². The van der Waals surface area contributed by atoms with Gasteiger partial charge in [-0.1, -0.05) is 29.8 Å². The Morgan fingerprint density at radius 1 is 0.939 bits per heavy atom. The van der Waals surface area contributed by atoms with Crippen molar-refractivity contribution >= 4 is 18.0 Å². The third-order valence-electron chi connectivity index (χ3n) is 4.89. The molecule has 2 amide bonds. The third-order valence-corrected chi connectivity index (χ3v) is 4.89. The number of nitrogens with zero attached hydrogens (tertiary/aromatic N) is 1. The Bertz CT molecular complexity index is 1090. The second-order valence-corrected chi connectivity index (χ2v) is 7.50. The Kier molecular flexibility index (Phi) is 8.18. The summed E-state index contributed by atoms with van der Waals surface area (Å²) in [5.41, 5.74) is 5.98. The highest BCUT2D eigenvalue weighted by Gasteiger charge is 2.16. The van der Waals surface area contributed by atoms with Crippen molar-refractivity contribution in [3.05, 3.63) is 95.1 Å². The summed E-state index contributed by atoms with van der Waals surface area (Å²) in [5, 5.41) is 6.60. The van der Waals surface area contributed by atoms with Crippen LogP contribution in [0.3, 0.4) is 0 Å². The maximum Gasteiger partial charge on any atom is 0.262 e. The van der Waals surface area contributed by atoms with Crippen LogP contribution in [0.1, 0.15) is 34.0 Å². The van der Waals surface area contributed by atoms with Gasteiger partial charge in [-0.2, -0.15) is 5.10 Å². The molecule has 0 saturated carbocycles. The lowest BCUT2D eigenvalue weighted by Crippen LogP contribution is -2.43. The monoisotopic (exact) mass is 445 g/mol. The van der Waals surface area contributed by atoms with Gasteiger partial charge in [-0.15, -0.1) is 0 Å². The van der Waals surface area contributed by atoms with E-state index in [2.05, 4.69) is 28.0 Å². The van der Waals surface area contributed by atoms with Crippen molar-refractivity contribution in [1.82, 2.24) is 10.7 Å². The summed E-state index contributed by atoms with van der Waals surface area (Å²) < 4.78 is 10.9. The summed E-state index contributed by atoms with van der Waals surface area (Å²) in [6.07, 6.45) is 1.53. The van der Waals surface area contributed by atoms with Gasteiger partial charge in [0.15, 0.2) is 0 Å². The zero-order valence-electron chi connectivity index (χ0n) is 18.9. The standard InChI is InChI=1S/C26H27N3O4/c1-18-4-6-21(7-5-18)17-33-24-12-8-20(9-13-24)16-27-29-25(30)19(2)28-26(31)22-10-14-23(32-3)15-11-22/h4-16,19H,17H2,1-3H3,(H,28,31)(H,29,30). The van der Waals surface area contributed by atoms with Crippen molar-refractivity contribution in [2.24, 2.45) is 5.10 Å². The minimum atomic E-state index is -0.755. The molecule has 3 aromatic carbocycles. The number of carbonyl (C=O) groups is 2. The lowest BCUT2D eigenvalue weighted by atomic mass is 10.2. The summed E-state index contributed by atoms with van der Waals surface area (Å²) in [5.74, 6) is 0.612. The average molecular weight is 446 g/mol. The molecule has 7 heteroatoms. The third kappa shape index (κ3) is 7.21. The molecule has 0 aromatic heterocycles. The molecule has 0 bridgehead atoms. The number of hydrazone groups is 1. The zero-order valence-corrected chi connectivity index (χ0v) is 18.9. The summed E-state index contributed by atoms with van der Waals surface area (Å²) >= 11 is 0. The molecule has 3 aromatic rings. The predicted octanol–water partition coefficient (Wildman–Crippen LogP) is 3.85. The molecule has 3 rings (SSSR count). The molecule has 0 radical (unpaired) electrons. The van der Waals surface area contributed by atoms with E-state index in [1.54, 1.807) is 38.3 Å². The molecule has 0 aliphatic rings. The molecular formula is C26H27N3O4. The number of rotatable bonds is 9. The van der Waals surface area contributed by atoms with Crippen LogP contribution in [0.4, 0.5) is 0 Å². The highest BCUT2D eigenvalue weighted by molar-refractivity contribution is 5.97. The first-order valence-corrected chi connectivity index (χ1v) is 10.5. The number of benzene rings is 3. The fourth-order valence-electron chi connectivity index (χ4n) is 2.86. The van der Waals surface area contributed by atoms with E-state index < -0.39 is 11.9 Å². The van der Waals surface area contributed by atoms with Crippen LogP contribution in [0.5, 0.6) is 11.5 Å². The number of methoxy groups -OCH3 is 1. The first-order valence-electron chi connectivity index (χ1n) is 10.5. The summed E-state index contributed by atoms with van der Waals surface area (Å²) in [7, 11) is 1.55. The Balaban J connectivity index is 1.44. The van der Waals surface area contributed by atoms with Gasteiger partial charge in [0, 0.05) is 5.56 Å². The van der Waals surface area contributed by atoms with E-state index >= 15 is 0 Å². The molecule has 0 aliphatic heterocycles. The van der Waals surface area contributed by atoms with Gasteiger partial charge in [0.25, 0.3) is 11.8 Å². The molecule has 170 valence electrons. The van der Waals surface area contributed by atoms with Crippen molar-refractivity contribution in [2.75, 3.05) is 7.11 Å². The average Bonchev–Trinajstić information content (AvgIpc) is 2.84. The fraction of sp³-hybridized carbons (Fsp3) is 0.192. The number of nitrogens with one attached hydrogen (secondary N) is 2. The first-order chi connectivity index (χ1) is 15.9. The highest BCUT2D eigenvalue weighted by atomic mass is 16.5. The topological polar surface area (TPSA) is 89.0 Å². The van der Waals surface area contributed by atoms with Gasteiger partial charge >= 0.3 is 0 Å².